The Morgan fingerprint density at radius 1 is 1.04 bits per heavy atom. The first kappa shape index (κ1) is 16.9. The van der Waals surface area contributed by atoms with Gasteiger partial charge in [0.15, 0.2) is 11.5 Å². The third-order valence-corrected chi connectivity index (χ3v) is 5.23. The van der Waals surface area contributed by atoms with E-state index in [1.165, 1.54) is 5.56 Å². The molecule has 1 N–H and O–H groups in total. The van der Waals surface area contributed by atoms with Crippen LogP contribution in [0.1, 0.15) is 18.1 Å². The topological polar surface area (TPSA) is 50.8 Å². The Hall–Kier alpha value is -2.53. The van der Waals surface area contributed by atoms with E-state index < -0.39 is 5.54 Å². The number of fused-ring (bicyclic) bond motifs is 1. The number of ether oxygens (including phenoxy) is 2. The number of hydrogen-bond acceptors (Lipinski definition) is 4. The van der Waals surface area contributed by atoms with E-state index in [1.54, 1.807) is 0 Å². The lowest BCUT2D eigenvalue weighted by atomic mass is 9.87. The highest BCUT2D eigenvalue weighted by Gasteiger charge is 2.42. The Balaban J connectivity index is 1.59. The number of amides is 1. The maximum absolute atomic E-state index is 12.8. The van der Waals surface area contributed by atoms with Gasteiger partial charge >= 0.3 is 0 Å². The van der Waals surface area contributed by atoms with Crippen LogP contribution in [0, 0.1) is 0 Å². The van der Waals surface area contributed by atoms with E-state index in [4.69, 9.17) is 9.47 Å². The predicted molar refractivity (Wildman–Crippen MR) is 99.4 cm³/mol. The van der Waals surface area contributed by atoms with Gasteiger partial charge in [-0.2, -0.15) is 0 Å². The van der Waals surface area contributed by atoms with Gasteiger partial charge in [-0.3, -0.25) is 9.69 Å². The van der Waals surface area contributed by atoms with E-state index in [9.17, 15) is 4.79 Å². The SMILES string of the molecule is CC1(Cc2ccc3c(c2)OCCO3)C(=O)NCCN1Cc1ccccc1. The molecule has 0 saturated carbocycles. The van der Waals surface area contributed by atoms with Crippen LogP contribution >= 0.6 is 0 Å². The largest absolute Gasteiger partial charge is 0.486 e. The lowest BCUT2D eigenvalue weighted by Gasteiger charge is -2.44. The standard InChI is InChI=1S/C21H24N2O3/c1-21(14-17-7-8-18-19(13-17)26-12-11-25-18)20(24)22-9-10-23(21)15-16-5-3-2-4-6-16/h2-8,13H,9-12,14-15H2,1H3,(H,22,24). The first-order valence-electron chi connectivity index (χ1n) is 9.11. The molecule has 2 aromatic rings. The van der Waals surface area contributed by atoms with Crippen molar-refractivity contribution in [3.8, 4) is 11.5 Å². The number of carbonyl (C=O) groups is 1. The quantitative estimate of drug-likeness (QED) is 0.918. The molecule has 1 fully saturated rings. The molecule has 0 spiro atoms. The average Bonchev–Trinajstić information content (AvgIpc) is 2.67. The molecule has 1 atom stereocenters. The van der Waals surface area contributed by atoms with E-state index in [0.717, 1.165) is 30.2 Å². The molecule has 0 radical (unpaired) electrons. The maximum Gasteiger partial charge on any atom is 0.240 e. The summed E-state index contributed by atoms with van der Waals surface area (Å²) >= 11 is 0. The van der Waals surface area contributed by atoms with Gasteiger partial charge in [0.1, 0.15) is 18.8 Å². The molecule has 2 aliphatic heterocycles. The zero-order valence-electron chi connectivity index (χ0n) is 15.0. The summed E-state index contributed by atoms with van der Waals surface area (Å²) in [6.07, 6.45) is 0.627. The van der Waals surface area contributed by atoms with E-state index in [1.807, 2.05) is 43.3 Å². The molecule has 1 saturated heterocycles. The summed E-state index contributed by atoms with van der Waals surface area (Å²) in [5.41, 5.74) is 1.69. The van der Waals surface area contributed by atoms with Crippen molar-refractivity contribution in [1.82, 2.24) is 10.2 Å². The Labute approximate surface area is 153 Å². The molecule has 2 aromatic carbocycles. The molecule has 26 heavy (non-hydrogen) atoms. The van der Waals surface area contributed by atoms with Crippen molar-refractivity contribution >= 4 is 5.91 Å². The summed E-state index contributed by atoms with van der Waals surface area (Å²) in [6, 6.07) is 16.3. The summed E-state index contributed by atoms with van der Waals surface area (Å²) < 4.78 is 11.3. The number of benzene rings is 2. The maximum atomic E-state index is 12.8. The van der Waals surface area contributed by atoms with Crippen LogP contribution in [0.4, 0.5) is 0 Å². The van der Waals surface area contributed by atoms with Gasteiger partial charge in [0.05, 0.1) is 0 Å². The Kier molecular flexibility index (Phi) is 4.55. The lowest BCUT2D eigenvalue weighted by molar-refractivity contribution is -0.136. The number of carbonyl (C=O) groups excluding carboxylic acids is 1. The third-order valence-electron chi connectivity index (χ3n) is 5.23. The van der Waals surface area contributed by atoms with Crippen molar-refractivity contribution in [2.45, 2.75) is 25.4 Å². The molecule has 1 amide bonds. The second-order valence-electron chi connectivity index (χ2n) is 7.09. The van der Waals surface area contributed by atoms with Crippen molar-refractivity contribution in [3.63, 3.8) is 0 Å². The summed E-state index contributed by atoms with van der Waals surface area (Å²) in [7, 11) is 0. The molecule has 0 aromatic heterocycles. The second kappa shape index (κ2) is 7.00. The molecule has 136 valence electrons. The summed E-state index contributed by atoms with van der Waals surface area (Å²) in [5.74, 6) is 1.62. The van der Waals surface area contributed by atoms with Gasteiger partial charge in [-0.05, 0) is 36.6 Å². The number of rotatable bonds is 4. The molecular weight excluding hydrogens is 328 g/mol. The summed E-state index contributed by atoms with van der Waals surface area (Å²) in [6.45, 7) is 5.45. The van der Waals surface area contributed by atoms with Crippen LogP contribution in [0.5, 0.6) is 11.5 Å². The fraction of sp³-hybridized carbons (Fsp3) is 0.381. The monoisotopic (exact) mass is 352 g/mol. The van der Waals surface area contributed by atoms with Crippen LogP contribution in [-0.2, 0) is 17.8 Å². The van der Waals surface area contributed by atoms with E-state index >= 15 is 0 Å². The van der Waals surface area contributed by atoms with Gasteiger partial charge in [0.25, 0.3) is 0 Å². The highest BCUT2D eigenvalue weighted by atomic mass is 16.6. The molecule has 2 heterocycles. The molecule has 2 aliphatic rings. The number of nitrogens with one attached hydrogen (secondary N) is 1. The average molecular weight is 352 g/mol. The van der Waals surface area contributed by atoms with Crippen LogP contribution in [0.25, 0.3) is 0 Å². The minimum Gasteiger partial charge on any atom is -0.486 e. The highest BCUT2D eigenvalue weighted by Crippen LogP contribution is 2.33. The van der Waals surface area contributed by atoms with Gasteiger partial charge in [-0.1, -0.05) is 36.4 Å². The van der Waals surface area contributed by atoms with Crippen molar-refractivity contribution < 1.29 is 14.3 Å². The molecule has 0 bridgehead atoms. The van der Waals surface area contributed by atoms with Crippen LogP contribution < -0.4 is 14.8 Å². The number of hydrogen-bond donors (Lipinski definition) is 1. The van der Waals surface area contributed by atoms with Crippen molar-refractivity contribution in [3.05, 3.63) is 59.7 Å². The summed E-state index contributed by atoms with van der Waals surface area (Å²) in [4.78, 5) is 15.1. The first-order chi connectivity index (χ1) is 12.6. The van der Waals surface area contributed by atoms with E-state index in [0.29, 0.717) is 26.2 Å². The lowest BCUT2D eigenvalue weighted by Crippen LogP contribution is -2.63. The highest BCUT2D eigenvalue weighted by molar-refractivity contribution is 5.87. The molecular formula is C21H24N2O3. The Morgan fingerprint density at radius 2 is 1.81 bits per heavy atom. The van der Waals surface area contributed by atoms with Gasteiger partial charge in [0, 0.05) is 19.6 Å². The minimum absolute atomic E-state index is 0.0783. The zero-order chi connectivity index (χ0) is 18.0. The smallest absolute Gasteiger partial charge is 0.240 e. The number of piperazine rings is 1. The fourth-order valence-corrected chi connectivity index (χ4v) is 3.73. The normalized spacial score (nSPS) is 22.7. The molecule has 5 nitrogen and oxygen atoms in total. The van der Waals surface area contributed by atoms with Gasteiger partial charge in [-0.15, -0.1) is 0 Å². The van der Waals surface area contributed by atoms with Crippen LogP contribution in [0.2, 0.25) is 0 Å². The minimum atomic E-state index is -0.599. The van der Waals surface area contributed by atoms with Crippen LogP contribution in [0.15, 0.2) is 48.5 Å². The van der Waals surface area contributed by atoms with Crippen LogP contribution in [-0.4, -0.2) is 42.6 Å². The molecule has 1 unspecified atom stereocenters. The second-order valence-corrected chi connectivity index (χ2v) is 7.09. The Morgan fingerprint density at radius 3 is 2.62 bits per heavy atom. The Bertz CT molecular complexity index is 793. The van der Waals surface area contributed by atoms with Gasteiger partial charge < -0.3 is 14.8 Å². The predicted octanol–water partition coefficient (Wildman–Crippen LogP) is 2.39. The molecule has 0 aliphatic carbocycles. The van der Waals surface area contributed by atoms with E-state index in [2.05, 4.69) is 22.3 Å². The molecule has 5 heteroatoms. The van der Waals surface area contributed by atoms with E-state index in [-0.39, 0.29) is 5.91 Å². The fourth-order valence-electron chi connectivity index (χ4n) is 3.73. The zero-order valence-corrected chi connectivity index (χ0v) is 15.0. The molecule has 4 rings (SSSR count). The van der Waals surface area contributed by atoms with Gasteiger partial charge in [0.2, 0.25) is 5.91 Å². The summed E-state index contributed by atoms with van der Waals surface area (Å²) in [5, 5.41) is 3.03. The third kappa shape index (κ3) is 3.27. The van der Waals surface area contributed by atoms with Crippen molar-refractivity contribution in [2.75, 3.05) is 26.3 Å². The van der Waals surface area contributed by atoms with Crippen molar-refractivity contribution in [2.24, 2.45) is 0 Å². The van der Waals surface area contributed by atoms with Crippen LogP contribution in [0.3, 0.4) is 0 Å². The van der Waals surface area contributed by atoms with Crippen molar-refractivity contribution in [1.29, 1.82) is 0 Å². The number of nitrogens with zero attached hydrogens (tertiary/aromatic N) is 1. The van der Waals surface area contributed by atoms with Gasteiger partial charge in [-0.25, -0.2) is 0 Å². The first-order valence-corrected chi connectivity index (χ1v) is 9.11.